The molecule has 2 aromatic rings. The van der Waals surface area contributed by atoms with E-state index < -0.39 is 0 Å². The molecule has 3 rings (SSSR count). The van der Waals surface area contributed by atoms with Crippen molar-refractivity contribution in [2.24, 2.45) is 7.05 Å². The second kappa shape index (κ2) is 4.04. The van der Waals surface area contributed by atoms with Crippen LogP contribution < -0.4 is 5.73 Å². The van der Waals surface area contributed by atoms with Gasteiger partial charge in [0.25, 0.3) is 0 Å². The van der Waals surface area contributed by atoms with Crippen LogP contribution in [0, 0.1) is 0 Å². The van der Waals surface area contributed by atoms with Crippen molar-refractivity contribution in [3.05, 3.63) is 23.1 Å². The van der Waals surface area contributed by atoms with Gasteiger partial charge in [0.2, 0.25) is 5.95 Å². The molecule has 0 saturated carbocycles. The van der Waals surface area contributed by atoms with Crippen LogP contribution in [0.15, 0.2) is 6.20 Å². The van der Waals surface area contributed by atoms with Crippen molar-refractivity contribution < 1.29 is 0 Å². The van der Waals surface area contributed by atoms with Crippen LogP contribution in [0.2, 0.25) is 0 Å². The molecular weight excluding hydrogens is 250 g/mol. The Labute approximate surface area is 119 Å². The Bertz CT molecular complexity index is 682. The van der Waals surface area contributed by atoms with Gasteiger partial charge in [-0.2, -0.15) is 5.10 Å². The van der Waals surface area contributed by atoms with Crippen LogP contribution in [0.3, 0.4) is 0 Å². The highest BCUT2D eigenvalue weighted by molar-refractivity contribution is 5.73. The largest absolute Gasteiger partial charge is 0.368 e. The molecule has 106 valence electrons. The summed E-state index contributed by atoms with van der Waals surface area (Å²) < 4.78 is 1.98. The quantitative estimate of drug-likeness (QED) is 0.864. The Balaban J connectivity index is 2.36. The van der Waals surface area contributed by atoms with Crippen LogP contribution >= 0.6 is 0 Å². The summed E-state index contributed by atoms with van der Waals surface area (Å²) in [7, 11) is 2.00. The number of nitrogen functional groups attached to an aromatic ring is 1. The zero-order valence-electron chi connectivity index (χ0n) is 12.7. The van der Waals surface area contributed by atoms with Gasteiger partial charge in [0, 0.05) is 30.8 Å². The highest BCUT2D eigenvalue weighted by atomic mass is 15.3. The number of aromatic nitrogens is 4. The second-order valence-electron chi connectivity index (χ2n) is 6.54. The second-order valence-corrected chi connectivity index (χ2v) is 6.54. The number of nitrogens with two attached hydrogens (primary N) is 1. The molecule has 0 fully saturated rings. The van der Waals surface area contributed by atoms with E-state index in [1.165, 1.54) is 5.69 Å². The molecule has 0 atom stereocenters. The van der Waals surface area contributed by atoms with Crippen molar-refractivity contribution in [3.8, 4) is 11.3 Å². The number of fused-ring (bicyclic) bond motifs is 3. The molecule has 0 amide bonds. The molecule has 0 bridgehead atoms. The summed E-state index contributed by atoms with van der Waals surface area (Å²) in [5.74, 6) is 0.715. The fourth-order valence-electron chi connectivity index (χ4n) is 3.23. The van der Waals surface area contributed by atoms with Crippen LogP contribution in [0.1, 0.15) is 50.6 Å². The van der Waals surface area contributed by atoms with Crippen molar-refractivity contribution in [2.75, 3.05) is 5.73 Å². The van der Waals surface area contributed by atoms with Crippen molar-refractivity contribution in [3.63, 3.8) is 0 Å². The van der Waals surface area contributed by atoms with E-state index in [0.717, 1.165) is 28.9 Å². The first-order valence-corrected chi connectivity index (χ1v) is 7.00. The molecule has 2 heterocycles. The number of nitrogens with zero attached hydrogens (tertiary/aromatic N) is 4. The van der Waals surface area contributed by atoms with Crippen molar-refractivity contribution in [1.82, 2.24) is 19.7 Å². The van der Waals surface area contributed by atoms with Gasteiger partial charge < -0.3 is 5.73 Å². The van der Waals surface area contributed by atoms with Crippen LogP contribution in [-0.4, -0.2) is 19.7 Å². The van der Waals surface area contributed by atoms with Gasteiger partial charge in [-0.15, -0.1) is 0 Å². The predicted octanol–water partition coefficient (Wildman–Crippen LogP) is 2.42. The van der Waals surface area contributed by atoms with Gasteiger partial charge in [-0.3, -0.25) is 4.68 Å². The topological polar surface area (TPSA) is 69.6 Å². The lowest BCUT2D eigenvalue weighted by atomic mass is 9.74. The molecular formula is C15H21N5. The van der Waals surface area contributed by atoms with E-state index in [0.29, 0.717) is 11.9 Å². The Kier molecular flexibility index (Phi) is 2.64. The van der Waals surface area contributed by atoms with E-state index in [4.69, 9.17) is 10.8 Å². The van der Waals surface area contributed by atoms with Crippen LogP contribution in [-0.2, 0) is 18.9 Å². The maximum atomic E-state index is 5.81. The molecule has 1 aliphatic rings. The molecule has 0 aliphatic heterocycles. The lowest BCUT2D eigenvalue weighted by molar-refractivity contribution is 0.502. The standard InChI is InChI=1S/C15H21N5/c1-8(2)13-11-10(19-20(13)5)6-15(3,4)9-7-17-14(16)18-12(9)11/h7-8H,6H2,1-5H3,(H2,16,17,18). The zero-order valence-corrected chi connectivity index (χ0v) is 12.7. The average Bonchev–Trinajstić information content (AvgIpc) is 2.64. The average molecular weight is 271 g/mol. The molecule has 0 spiro atoms. The first-order chi connectivity index (χ1) is 9.31. The minimum absolute atomic E-state index is 0.0152. The number of aryl methyl sites for hydroxylation is 1. The molecule has 0 aromatic carbocycles. The molecule has 5 nitrogen and oxygen atoms in total. The SMILES string of the molecule is CC(C)c1c2c(nn1C)CC(C)(C)c1cnc(N)nc1-2. The van der Waals surface area contributed by atoms with E-state index in [1.54, 1.807) is 0 Å². The minimum Gasteiger partial charge on any atom is -0.368 e. The van der Waals surface area contributed by atoms with Crippen molar-refractivity contribution in [1.29, 1.82) is 0 Å². The summed E-state index contributed by atoms with van der Waals surface area (Å²) in [5.41, 5.74) is 11.4. The fraction of sp³-hybridized carbons (Fsp3) is 0.533. The Morgan fingerprint density at radius 2 is 2.05 bits per heavy atom. The highest BCUT2D eigenvalue weighted by Gasteiger charge is 2.36. The Hall–Kier alpha value is -1.91. The van der Waals surface area contributed by atoms with Gasteiger partial charge in [0.05, 0.1) is 17.1 Å². The Morgan fingerprint density at radius 3 is 2.70 bits per heavy atom. The third-order valence-corrected chi connectivity index (χ3v) is 4.09. The summed E-state index contributed by atoms with van der Waals surface area (Å²) >= 11 is 0. The molecule has 0 saturated heterocycles. The molecule has 1 aliphatic carbocycles. The molecule has 2 N–H and O–H groups in total. The predicted molar refractivity (Wildman–Crippen MR) is 79.5 cm³/mol. The van der Waals surface area contributed by atoms with Gasteiger partial charge >= 0.3 is 0 Å². The summed E-state index contributed by atoms with van der Waals surface area (Å²) in [5, 5.41) is 4.71. The maximum absolute atomic E-state index is 5.81. The number of hydrogen-bond acceptors (Lipinski definition) is 4. The molecule has 2 aromatic heterocycles. The first-order valence-electron chi connectivity index (χ1n) is 7.00. The minimum atomic E-state index is -0.0152. The lowest BCUT2D eigenvalue weighted by Crippen LogP contribution is -2.27. The van der Waals surface area contributed by atoms with Gasteiger partial charge in [0.15, 0.2) is 0 Å². The lowest BCUT2D eigenvalue weighted by Gasteiger charge is -2.31. The molecule has 0 unspecified atom stereocenters. The van der Waals surface area contributed by atoms with Crippen molar-refractivity contribution in [2.45, 2.75) is 45.4 Å². The van der Waals surface area contributed by atoms with E-state index in [9.17, 15) is 0 Å². The Morgan fingerprint density at radius 1 is 1.35 bits per heavy atom. The molecule has 5 heteroatoms. The van der Waals surface area contributed by atoms with Gasteiger partial charge in [-0.05, 0) is 11.3 Å². The van der Waals surface area contributed by atoms with Gasteiger partial charge in [-0.1, -0.05) is 27.7 Å². The van der Waals surface area contributed by atoms with E-state index in [1.807, 2.05) is 17.9 Å². The summed E-state index contributed by atoms with van der Waals surface area (Å²) in [4.78, 5) is 8.70. The maximum Gasteiger partial charge on any atom is 0.220 e. The summed E-state index contributed by atoms with van der Waals surface area (Å²) in [6, 6.07) is 0. The van der Waals surface area contributed by atoms with Crippen LogP contribution in [0.4, 0.5) is 5.95 Å². The summed E-state index contributed by atoms with van der Waals surface area (Å²) in [6.07, 6.45) is 2.78. The molecule has 0 radical (unpaired) electrons. The van der Waals surface area contributed by atoms with E-state index in [-0.39, 0.29) is 5.41 Å². The normalized spacial score (nSPS) is 16.1. The smallest absolute Gasteiger partial charge is 0.220 e. The zero-order chi connectivity index (χ0) is 14.7. The molecule has 20 heavy (non-hydrogen) atoms. The summed E-state index contributed by atoms with van der Waals surface area (Å²) in [6.45, 7) is 8.78. The third-order valence-electron chi connectivity index (χ3n) is 4.09. The van der Waals surface area contributed by atoms with Crippen molar-refractivity contribution >= 4 is 5.95 Å². The first kappa shape index (κ1) is 13.1. The number of hydrogen-bond donors (Lipinski definition) is 1. The highest BCUT2D eigenvalue weighted by Crippen LogP contribution is 2.44. The van der Waals surface area contributed by atoms with Gasteiger partial charge in [-0.25, -0.2) is 9.97 Å². The fourth-order valence-corrected chi connectivity index (χ4v) is 3.23. The van der Waals surface area contributed by atoms with Crippen LogP contribution in [0.25, 0.3) is 11.3 Å². The van der Waals surface area contributed by atoms with E-state index >= 15 is 0 Å². The number of anilines is 1. The van der Waals surface area contributed by atoms with E-state index in [2.05, 4.69) is 37.7 Å². The van der Waals surface area contributed by atoms with Crippen LogP contribution in [0.5, 0.6) is 0 Å². The van der Waals surface area contributed by atoms with Gasteiger partial charge in [0.1, 0.15) is 0 Å². The monoisotopic (exact) mass is 271 g/mol. The third kappa shape index (κ3) is 1.72. The number of rotatable bonds is 1.